The Hall–Kier alpha value is -0.850. The van der Waals surface area contributed by atoms with Crippen LogP contribution in [-0.2, 0) is 0 Å². The molecule has 0 rings (SSSR count). The van der Waals surface area contributed by atoms with Gasteiger partial charge in [0.15, 0.2) is 0 Å². The molecule has 0 bridgehead atoms. The molecule has 0 saturated heterocycles. The highest BCUT2D eigenvalue weighted by atomic mass is 14.7. The van der Waals surface area contributed by atoms with Crippen molar-refractivity contribution in [2.45, 2.75) is 40.0 Å². The molecule has 0 heterocycles. The van der Waals surface area contributed by atoms with E-state index in [9.17, 15) is 0 Å². The van der Waals surface area contributed by atoms with Crippen LogP contribution in [0.3, 0.4) is 0 Å². The van der Waals surface area contributed by atoms with E-state index >= 15 is 0 Å². The quantitative estimate of drug-likeness (QED) is 0.435. The Bertz CT molecular complexity index is 159. The number of hydrogen-bond donors (Lipinski definition) is 0. The van der Waals surface area contributed by atoms with Gasteiger partial charge < -0.3 is 0 Å². The van der Waals surface area contributed by atoms with Crippen LogP contribution in [-0.4, -0.2) is 6.21 Å². The average Bonchev–Trinajstić information content (AvgIpc) is 2.10. The van der Waals surface area contributed by atoms with Gasteiger partial charge in [-0.1, -0.05) is 32.9 Å². The molecule has 0 spiro atoms. The van der Waals surface area contributed by atoms with Gasteiger partial charge in [0.1, 0.15) is 0 Å². The molecule has 0 fully saturated rings. The van der Waals surface area contributed by atoms with Crippen molar-refractivity contribution in [3.05, 3.63) is 23.9 Å². The van der Waals surface area contributed by atoms with Crippen LogP contribution in [0.5, 0.6) is 0 Å². The van der Waals surface area contributed by atoms with E-state index in [4.69, 9.17) is 0 Å². The smallest absolute Gasteiger partial charge is 0.0582 e. The van der Waals surface area contributed by atoms with Crippen LogP contribution in [0.25, 0.3) is 0 Å². The second-order valence-electron chi connectivity index (χ2n) is 2.57. The molecule has 1 nitrogen and oxygen atoms in total. The molecule has 0 aromatic heterocycles. The van der Waals surface area contributed by atoms with E-state index in [-0.39, 0.29) is 0 Å². The lowest BCUT2D eigenvalue weighted by molar-refractivity contribution is 1.16. The van der Waals surface area contributed by atoms with Crippen LogP contribution in [0.15, 0.2) is 28.9 Å². The second-order valence-corrected chi connectivity index (χ2v) is 2.57. The Morgan fingerprint density at radius 2 is 1.83 bits per heavy atom. The fourth-order valence-corrected chi connectivity index (χ4v) is 0.808. The Morgan fingerprint density at radius 3 is 2.33 bits per heavy atom. The third-order valence-corrected chi connectivity index (χ3v) is 1.36. The number of rotatable bonds is 5. The van der Waals surface area contributed by atoms with Crippen molar-refractivity contribution in [2.24, 2.45) is 4.99 Å². The summed E-state index contributed by atoms with van der Waals surface area (Å²) in [5.41, 5.74) is 1.08. The van der Waals surface area contributed by atoms with E-state index in [1.807, 2.05) is 6.21 Å². The molecule has 0 saturated carbocycles. The third-order valence-electron chi connectivity index (χ3n) is 1.36. The minimum Gasteiger partial charge on any atom is -0.262 e. The summed E-state index contributed by atoms with van der Waals surface area (Å²) < 4.78 is 0. The zero-order chi connectivity index (χ0) is 9.23. The van der Waals surface area contributed by atoms with Gasteiger partial charge in [-0.15, -0.1) is 0 Å². The van der Waals surface area contributed by atoms with Crippen molar-refractivity contribution in [3.8, 4) is 0 Å². The Labute approximate surface area is 75.9 Å². The summed E-state index contributed by atoms with van der Waals surface area (Å²) in [4.78, 5) is 4.32. The first-order chi connectivity index (χ1) is 5.85. The van der Waals surface area contributed by atoms with Gasteiger partial charge in [-0.3, -0.25) is 4.99 Å². The van der Waals surface area contributed by atoms with E-state index in [2.05, 4.69) is 44.0 Å². The molecule has 0 aliphatic rings. The van der Waals surface area contributed by atoms with Gasteiger partial charge in [-0.05, 0) is 25.3 Å². The summed E-state index contributed by atoms with van der Waals surface area (Å²) in [5, 5.41) is 0. The molecule has 0 aliphatic carbocycles. The van der Waals surface area contributed by atoms with Crippen LogP contribution in [0.2, 0.25) is 0 Å². The number of nitrogens with zero attached hydrogens (tertiary/aromatic N) is 1. The molecular weight excluding hydrogens is 146 g/mol. The number of allylic oxidation sites excluding steroid dienone is 3. The van der Waals surface area contributed by atoms with Crippen LogP contribution >= 0.6 is 0 Å². The molecule has 0 amide bonds. The van der Waals surface area contributed by atoms with Gasteiger partial charge in [-0.25, -0.2) is 0 Å². The predicted molar refractivity (Wildman–Crippen MR) is 56.6 cm³/mol. The van der Waals surface area contributed by atoms with Crippen molar-refractivity contribution in [1.82, 2.24) is 0 Å². The minimum atomic E-state index is 1.00. The van der Waals surface area contributed by atoms with Crippen molar-refractivity contribution < 1.29 is 0 Å². The molecule has 0 aliphatic heterocycles. The zero-order valence-electron chi connectivity index (χ0n) is 8.38. The van der Waals surface area contributed by atoms with Gasteiger partial charge in [-0.2, -0.15) is 0 Å². The first kappa shape index (κ1) is 11.2. The minimum absolute atomic E-state index is 1.00. The summed E-state index contributed by atoms with van der Waals surface area (Å²) in [5.74, 6) is 0. The van der Waals surface area contributed by atoms with Crippen LogP contribution in [0.1, 0.15) is 40.0 Å². The predicted octanol–water partition coefficient (Wildman–Crippen LogP) is 3.73. The van der Waals surface area contributed by atoms with Crippen LogP contribution < -0.4 is 0 Å². The molecular formula is C11H19N. The molecule has 0 aromatic rings. The van der Waals surface area contributed by atoms with Crippen molar-refractivity contribution in [2.75, 3.05) is 0 Å². The topological polar surface area (TPSA) is 12.4 Å². The highest BCUT2D eigenvalue weighted by molar-refractivity contribution is 5.59. The zero-order valence-corrected chi connectivity index (χ0v) is 8.38. The fraction of sp³-hybridized carbons (Fsp3) is 0.545. The SMILES string of the molecule is CCC=NC(/C=C\CC)=C\CC. The molecule has 68 valence electrons. The molecule has 0 unspecified atom stereocenters. The third kappa shape index (κ3) is 5.90. The first-order valence-electron chi connectivity index (χ1n) is 4.74. The van der Waals surface area contributed by atoms with E-state index in [1.165, 1.54) is 0 Å². The monoisotopic (exact) mass is 165 g/mol. The van der Waals surface area contributed by atoms with Gasteiger partial charge >= 0.3 is 0 Å². The van der Waals surface area contributed by atoms with E-state index in [1.54, 1.807) is 0 Å². The van der Waals surface area contributed by atoms with Gasteiger partial charge in [0.2, 0.25) is 0 Å². The fourth-order valence-electron chi connectivity index (χ4n) is 0.808. The summed E-state index contributed by atoms with van der Waals surface area (Å²) in [6.45, 7) is 6.35. The summed E-state index contributed by atoms with van der Waals surface area (Å²) in [7, 11) is 0. The van der Waals surface area contributed by atoms with Crippen molar-refractivity contribution >= 4 is 6.21 Å². The lowest BCUT2D eigenvalue weighted by Crippen LogP contribution is -1.75. The molecule has 0 aromatic carbocycles. The van der Waals surface area contributed by atoms with Crippen molar-refractivity contribution in [1.29, 1.82) is 0 Å². The molecule has 0 radical (unpaired) electrons. The lowest BCUT2D eigenvalue weighted by Gasteiger charge is -1.91. The maximum absolute atomic E-state index is 4.32. The Kier molecular flexibility index (Phi) is 7.66. The number of hydrogen-bond acceptors (Lipinski definition) is 1. The highest BCUT2D eigenvalue weighted by Gasteiger charge is 1.83. The highest BCUT2D eigenvalue weighted by Crippen LogP contribution is 2.01. The standard InChI is InChI=1S/C11H19N/c1-4-7-9-11(8-5-2)12-10-6-3/h7-10H,4-6H2,1-3H3/b9-7-,11-8-,12-10?. The molecule has 1 heteroatoms. The summed E-state index contributed by atoms with van der Waals surface area (Å²) >= 11 is 0. The van der Waals surface area contributed by atoms with E-state index in [0.29, 0.717) is 0 Å². The van der Waals surface area contributed by atoms with Gasteiger partial charge in [0.05, 0.1) is 5.70 Å². The maximum Gasteiger partial charge on any atom is 0.0582 e. The second kappa shape index (κ2) is 8.25. The Morgan fingerprint density at radius 1 is 1.08 bits per heavy atom. The summed E-state index contributed by atoms with van der Waals surface area (Å²) in [6, 6.07) is 0. The summed E-state index contributed by atoms with van der Waals surface area (Å²) in [6.07, 6.45) is 11.4. The van der Waals surface area contributed by atoms with E-state index in [0.717, 1.165) is 25.0 Å². The Balaban J connectivity index is 4.14. The number of aliphatic imine (C=N–C) groups is 1. The van der Waals surface area contributed by atoms with Crippen LogP contribution in [0.4, 0.5) is 0 Å². The van der Waals surface area contributed by atoms with Crippen LogP contribution in [0, 0.1) is 0 Å². The maximum atomic E-state index is 4.32. The largest absolute Gasteiger partial charge is 0.262 e. The molecule has 0 N–H and O–H groups in total. The molecule has 12 heavy (non-hydrogen) atoms. The van der Waals surface area contributed by atoms with Crippen molar-refractivity contribution in [3.63, 3.8) is 0 Å². The molecule has 0 atom stereocenters. The normalized spacial score (nSPS) is 13.4. The van der Waals surface area contributed by atoms with Gasteiger partial charge in [0, 0.05) is 6.21 Å². The van der Waals surface area contributed by atoms with Gasteiger partial charge in [0.25, 0.3) is 0 Å². The first-order valence-corrected chi connectivity index (χ1v) is 4.74. The lowest BCUT2D eigenvalue weighted by atomic mass is 10.3. The average molecular weight is 165 g/mol. The van der Waals surface area contributed by atoms with E-state index < -0.39 is 0 Å².